The molecule has 1 aromatic carbocycles. The Morgan fingerprint density at radius 2 is 2.08 bits per heavy atom. The van der Waals surface area contributed by atoms with Crippen molar-refractivity contribution < 1.29 is 0 Å². The molecule has 0 spiro atoms. The minimum atomic E-state index is 0.831. The van der Waals surface area contributed by atoms with Crippen molar-refractivity contribution in [3.63, 3.8) is 0 Å². The molecule has 0 atom stereocenters. The molecule has 66 valence electrons. The Hall–Kier alpha value is -1.50. The van der Waals surface area contributed by atoms with Crippen molar-refractivity contribution in [2.24, 2.45) is 0 Å². The normalized spacial score (nSPS) is 15.5. The highest BCUT2D eigenvalue weighted by molar-refractivity contribution is 5.76. The van der Waals surface area contributed by atoms with Gasteiger partial charge >= 0.3 is 0 Å². The zero-order valence-electron chi connectivity index (χ0n) is 7.53. The Bertz CT molecular complexity index is 361. The fourth-order valence-electron chi connectivity index (χ4n) is 1.55. The number of allylic oxidation sites excluding steroid dienone is 4. The number of rotatable bonds is 1. The van der Waals surface area contributed by atoms with Gasteiger partial charge in [0.1, 0.15) is 0 Å². The van der Waals surface area contributed by atoms with Crippen molar-refractivity contribution in [3.8, 4) is 0 Å². The van der Waals surface area contributed by atoms with Crippen molar-refractivity contribution >= 4 is 11.3 Å². The van der Waals surface area contributed by atoms with E-state index in [1.807, 2.05) is 18.2 Å². The van der Waals surface area contributed by atoms with E-state index in [1.54, 1.807) is 0 Å². The zero-order valence-corrected chi connectivity index (χ0v) is 7.53. The average Bonchev–Trinajstić information content (AvgIpc) is 2.19. The number of hydrogen-bond acceptors (Lipinski definition) is 1. The Morgan fingerprint density at radius 3 is 2.77 bits per heavy atom. The maximum absolute atomic E-state index is 5.71. The van der Waals surface area contributed by atoms with Gasteiger partial charge in [0.25, 0.3) is 0 Å². The molecule has 2 rings (SSSR count). The highest BCUT2D eigenvalue weighted by Gasteiger charge is 2.00. The van der Waals surface area contributed by atoms with Crippen LogP contribution in [-0.4, -0.2) is 0 Å². The van der Waals surface area contributed by atoms with Gasteiger partial charge in [-0.3, -0.25) is 0 Å². The number of hydrogen-bond donors (Lipinski definition) is 1. The lowest BCUT2D eigenvalue weighted by Crippen LogP contribution is -1.89. The summed E-state index contributed by atoms with van der Waals surface area (Å²) in [5.74, 6) is 0. The number of benzene rings is 1. The molecule has 0 saturated carbocycles. The van der Waals surface area contributed by atoms with Gasteiger partial charge in [-0.2, -0.15) is 0 Å². The van der Waals surface area contributed by atoms with Crippen molar-refractivity contribution in [1.82, 2.24) is 0 Å². The molecule has 0 radical (unpaired) electrons. The van der Waals surface area contributed by atoms with E-state index in [1.165, 1.54) is 11.1 Å². The van der Waals surface area contributed by atoms with Crippen LogP contribution in [0.2, 0.25) is 0 Å². The predicted octanol–water partition coefficient (Wildman–Crippen LogP) is 3.00. The first-order valence-corrected chi connectivity index (χ1v) is 4.59. The molecule has 13 heavy (non-hydrogen) atoms. The molecular formula is C12H13N. The van der Waals surface area contributed by atoms with Gasteiger partial charge in [0.2, 0.25) is 0 Å². The van der Waals surface area contributed by atoms with Gasteiger partial charge in [0.15, 0.2) is 0 Å². The fraction of sp³-hybridized carbons (Fsp3) is 0.167. The highest BCUT2D eigenvalue weighted by Crippen LogP contribution is 2.22. The van der Waals surface area contributed by atoms with Crippen molar-refractivity contribution in [1.29, 1.82) is 0 Å². The maximum Gasteiger partial charge on any atom is 0.0320 e. The predicted molar refractivity (Wildman–Crippen MR) is 57.2 cm³/mol. The van der Waals surface area contributed by atoms with Crippen LogP contribution in [0.15, 0.2) is 42.5 Å². The SMILES string of the molecule is Nc1cccc(C2=CCCC=C2)c1. The molecule has 1 heteroatoms. The Labute approximate surface area is 78.6 Å². The van der Waals surface area contributed by atoms with Gasteiger partial charge in [-0.1, -0.05) is 30.4 Å². The molecular weight excluding hydrogens is 158 g/mol. The monoisotopic (exact) mass is 171 g/mol. The first-order chi connectivity index (χ1) is 6.36. The first-order valence-electron chi connectivity index (χ1n) is 4.59. The summed E-state index contributed by atoms with van der Waals surface area (Å²) >= 11 is 0. The number of anilines is 1. The lowest BCUT2D eigenvalue weighted by Gasteiger charge is -2.07. The van der Waals surface area contributed by atoms with Crippen LogP contribution in [0.3, 0.4) is 0 Å². The van der Waals surface area contributed by atoms with Crippen molar-refractivity contribution in [2.75, 3.05) is 5.73 Å². The molecule has 1 nitrogen and oxygen atoms in total. The molecule has 1 aromatic rings. The van der Waals surface area contributed by atoms with E-state index in [-0.39, 0.29) is 0 Å². The Balaban J connectivity index is 2.35. The summed E-state index contributed by atoms with van der Waals surface area (Å²) < 4.78 is 0. The fourth-order valence-corrected chi connectivity index (χ4v) is 1.55. The lowest BCUT2D eigenvalue weighted by atomic mass is 9.99. The molecule has 0 aliphatic heterocycles. The van der Waals surface area contributed by atoms with Crippen LogP contribution >= 0.6 is 0 Å². The van der Waals surface area contributed by atoms with Gasteiger partial charge in [-0.05, 0) is 36.1 Å². The van der Waals surface area contributed by atoms with Crippen LogP contribution < -0.4 is 5.73 Å². The second-order valence-corrected chi connectivity index (χ2v) is 3.26. The highest BCUT2D eigenvalue weighted by atomic mass is 14.5. The van der Waals surface area contributed by atoms with Crippen molar-refractivity contribution in [3.05, 3.63) is 48.1 Å². The van der Waals surface area contributed by atoms with E-state index in [2.05, 4.69) is 24.3 Å². The van der Waals surface area contributed by atoms with Gasteiger partial charge in [0.05, 0.1) is 0 Å². The lowest BCUT2D eigenvalue weighted by molar-refractivity contribution is 1.04. The molecule has 2 N–H and O–H groups in total. The molecule has 0 heterocycles. The molecule has 0 aromatic heterocycles. The smallest absolute Gasteiger partial charge is 0.0320 e. The van der Waals surface area contributed by atoms with E-state index < -0.39 is 0 Å². The van der Waals surface area contributed by atoms with Crippen molar-refractivity contribution in [2.45, 2.75) is 12.8 Å². The molecule has 0 bridgehead atoms. The molecule has 0 unspecified atom stereocenters. The Morgan fingerprint density at radius 1 is 1.15 bits per heavy atom. The summed E-state index contributed by atoms with van der Waals surface area (Å²) in [6, 6.07) is 8.02. The largest absolute Gasteiger partial charge is 0.399 e. The van der Waals surface area contributed by atoms with E-state index in [9.17, 15) is 0 Å². The van der Waals surface area contributed by atoms with Crippen LogP contribution in [0, 0.1) is 0 Å². The van der Waals surface area contributed by atoms with Crippen LogP contribution in [0.25, 0.3) is 5.57 Å². The second kappa shape index (κ2) is 3.48. The third kappa shape index (κ3) is 1.81. The molecule has 0 saturated heterocycles. The van der Waals surface area contributed by atoms with E-state index in [0.717, 1.165) is 18.5 Å². The maximum atomic E-state index is 5.71. The van der Waals surface area contributed by atoms with Gasteiger partial charge in [-0.25, -0.2) is 0 Å². The minimum absolute atomic E-state index is 0.831. The third-order valence-corrected chi connectivity index (χ3v) is 2.21. The Kier molecular flexibility index (Phi) is 2.17. The van der Waals surface area contributed by atoms with E-state index >= 15 is 0 Å². The van der Waals surface area contributed by atoms with E-state index in [4.69, 9.17) is 5.73 Å². The average molecular weight is 171 g/mol. The molecule has 1 aliphatic carbocycles. The zero-order chi connectivity index (χ0) is 9.10. The molecule has 0 amide bonds. The molecule has 1 aliphatic rings. The summed E-state index contributed by atoms with van der Waals surface area (Å²) in [6.45, 7) is 0. The number of nitrogen functional groups attached to an aromatic ring is 1. The summed E-state index contributed by atoms with van der Waals surface area (Å²) in [6.07, 6.45) is 8.93. The van der Waals surface area contributed by atoms with Gasteiger partial charge in [-0.15, -0.1) is 0 Å². The summed E-state index contributed by atoms with van der Waals surface area (Å²) in [5, 5.41) is 0. The second-order valence-electron chi connectivity index (χ2n) is 3.26. The summed E-state index contributed by atoms with van der Waals surface area (Å²) in [4.78, 5) is 0. The summed E-state index contributed by atoms with van der Waals surface area (Å²) in [5.41, 5.74) is 9.05. The quantitative estimate of drug-likeness (QED) is 0.646. The van der Waals surface area contributed by atoms with E-state index in [0.29, 0.717) is 0 Å². The van der Waals surface area contributed by atoms with Crippen LogP contribution in [0.4, 0.5) is 5.69 Å². The summed E-state index contributed by atoms with van der Waals surface area (Å²) in [7, 11) is 0. The molecule has 0 fully saturated rings. The standard InChI is InChI=1S/C12H13N/c13-12-8-4-7-11(9-12)10-5-2-1-3-6-10/h2,4-9H,1,3,13H2. The number of nitrogens with two attached hydrogens (primary N) is 1. The van der Waals surface area contributed by atoms with Crippen LogP contribution in [0.5, 0.6) is 0 Å². The van der Waals surface area contributed by atoms with Crippen LogP contribution in [-0.2, 0) is 0 Å². The third-order valence-electron chi connectivity index (χ3n) is 2.21. The minimum Gasteiger partial charge on any atom is -0.399 e. The van der Waals surface area contributed by atoms with Crippen LogP contribution in [0.1, 0.15) is 18.4 Å². The van der Waals surface area contributed by atoms with Gasteiger partial charge in [0, 0.05) is 5.69 Å². The first kappa shape index (κ1) is 8.11. The van der Waals surface area contributed by atoms with Gasteiger partial charge < -0.3 is 5.73 Å². The topological polar surface area (TPSA) is 26.0 Å².